The second kappa shape index (κ2) is 7.85. The van der Waals surface area contributed by atoms with Crippen LogP contribution in [0.5, 0.6) is 0 Å². The van der Waals surface area contributed by atoms with Crippen LogP contribution in [-0.2, 0) is 23.9 Å². The number of aliphatic carboxylic acids is 1. The summed E-state index contributed by atoms with van der Waals surface area (Å²) in [7, 11) is 0. The molecule has 6 N–H and O–H groups in total. The number of hydrogen-bond acceptors (Lipinski definition) is 9. The summed E-state index contributed by atoms with van der Waals surface area (Å²) in [4.78, 5) is 33.8. The molecule has 0 radical (unpaired) electrons. The van der Waals surface area contributed by atoms with E-state index in [-0.39, 0.29) is 0 Å². The number of carbonyl (C=O) groups excluding carboxylic acids is 2. The number of carboxylic acid groups (broad SMARTS) is 1. The quantitative estimate of drug-likeness (QED) is 0.265. The third-order valence-electron chi connectivity index (χ3n) is 3.50. The van der Waals surface area contributed by atoms with Crippen molar-refractivity contribution in [3.63, 3.8) is 0 Å². The highest BCUT2D eigenvalue weighted by molar-refractivity contribution is 5.76. The summed E-state index contributed by atoms with van der Waals surface area (Å²) >= 11 is 0. The van der Waals surface area contributed by atoms with Crippen LogP contribution in [0.1, 0.15) is 20.3 Å². The largest absolute Gasteiger partial charge is 0.477 e. The second-order valence-corrected chi connectivity index (χ2v) is 5.49. The molecule has 0 spiro atoms. The third kappa shape index (κ3) is 4.61. The first kappa shape index (κ1) is 20.3. The van der Waals surface area contributed by atoms with Gasteiger partial charge in [0, 0.05) is 13.8 Å². The SMILES string of the molecule is CC(=O)N[C@@H]1[C@@H](OC(C)=O)C[C@](O)(C(=O)O)O[C@H]1C(O)[C@H](O)CO. The molecule has 1 saturated heterocycles. The predicted octanol–water partition coefficient (Wildman–Crippen LogP) is -3.30. The molecule has 0 aliphatic carbocycles. The molecule has 1 rings (SSSR count). The van der Waals surface area contributed by atoms with Crippen molar-refractivity contribution in [2.45, 2.75) is 56.5 Å². The minimum absolute atomic E-state index is 0.614. The molecule has 1 heterocycles. The summed E-state index contributed by atoms with van der Waals surface area (Å²) in [5, 5.41) is 50.1. The molecule has 0 bridgehead atoms. The van der Waals surface area contributed by atoms with Crippen LogP contribution in [0.3, 0.4) is 0 Å². The number of aliphatic hydroxyl groups excluding tert-OH is 3. The lowest BCUT2D eigenvalue weighted by Crippen LogP contribution is -2.67. The zero-order valence-electron chi connectivity index (χ0n) is 13.1. The Morgan fingerprint density at radius 3 is 2.33 bits per heavy atom. The summed E-state index contributed by atoms with van der Waals surface area (Å²) in [6.07, 6.45) is -7.37. The molecule has 1 aliphatic heterocycles. The van der Waals surface area contributed by atoms with Crippen molar-refractivity contribution in [2.24, 2.45) is 0 Å². The lowest BCUT2D eigenvalue weighted by molar-refractivity contribution is -0.296. The van der Waals surface area contributed by atoms with Gasteiger partial charge in [-0.2, -0.15) is 0 Å². The molecule has 0 aromatic carbocycles. The minimum atomic E-state index is -2.82. The van der Waals surface area contributed by atoms with Gasteiger partial charge in [-0.25, -0.2) is 4.79 Å². The van der Waals surface area contributed by atoms with Crippen molar-refractivity contribution in [1.29, 1.82) is 0 Å². The van der Waals surface area contributed by atoms with Crippen molar-refractivity contribution in [2.75, 3.05) is 6.61 Å². The molecule has 0 aromatic rings. The van der Waals surface area contributed by atoms with E-state index >= 15 is 0 Å². The summed E-state index contributed by atoms with van der Waals surface area (Å²) in [5.74, 6) is -6.06. The number of ether oxygens (including phenoxy) is 2. The van der Waals surface area contributed by atoms with Crippen LogP contribution in [0.25, 0.3) is 0 Å². The zero-order chi connectivity index (χ0) is 18.7. The van der Waals surface area contributed by atoms with Crippen molar-refractivity contribution in [3.05, 3.63) is 0 Å². The minimum Gasteiger partial charge on any atom is -0.477 e. The topological polar surface area (TPSA) is 183 Å². The van der Waals surface area contributed by atoms with Gasteiger partial charge < -0.3 is 40.3 Å². The maximum Gasteiger partial charge on any atom is 0.364 e. The van der Waals surface area contributed by atoms with Crippen LogP contribution in [0.4, 0.5) is 0 Å². The first-order valence-corrected chi connectivity index (χ1v) is 7.06. The number of rotatable bonds is 6. The standard InChI is InChI=1S/C13H21NO10/c1-5(16)14-9-8(23-6(2)17)3-13(22,12(20)21)24-11(9)10(19)7(18)4-15/h7-11,15,18-19,22H,3-4H2,1-2H3,(H,14,16)(H,20,21)/t7-,8+,9-,10?,11-,13-/m1/s1. The Balaban J connectivity index is 3.25. The highest BCUT2D eigenvalue weighted by Crippen LogP contribution is 2.32. The first-order valence-electron chi connectivity index (χ1n) is 7.06. The number of carboxylic acids is 1. The molecular weight excluding hydrogens is 330 g/mol. The Morgan fingerprint density at radius 1 is 1.33 bits per heavy atom. The van der Waals surface area contributed by atoms with Gasteiger partial charge in [0.25, 0.3) is 5.79 Å². The van der Waals surface area contributed by atoms with Crippen molar-refractivity contribution in [1.82, 2.24) is 5.32 Å². The Morgan fingerprint density at radius 2 is 1.92 bits per heavy atom. The predicted molar refractivity (Wildman–Crippen MR) is 74.3 cm³/mol. The summed E-state index contributed by atoms with van der Waals surface area (Å²) in [5.41, 5.74) is 0. The molecule has 1 fully saturated rings. The van der Waals surface area contributed by atoms with Gasteiger partial charge in [0.2, 0.25) is 5.91 Å². The molecule has 6 atom stereocenters. The lowest BCUT2D eigenvalue weighted by atomic mass is 9.88. The molecule has 1 aliphatic rings. The van der Waals surface area contributed by atoms with Gasteiger partial charge in [-0.3, -0.25) is 9.59 Å². The molecular formula is C13H21NO10. The number of carbonyl (C=O) groups is 3. The molecule has 1 unspecified atom stereocenters. The van der Waals surface area contributed by atoms with E-state index in [4.69, 9.17) is 19.7 Å². The van der Waals surface area contributed by atoms with Gasteiger partial charge >= 0.3 is 11.9 Å². The number of amides is 1. The number of aliphatic hydroxyl groups is 4. The van der Waals surface area contributed by atoms with Crippen LogP contribution in [0.2, 0.25) is 0 Å². The average Bonchev–Trinajstić information content (AvgIpc) is 2.47. The molecule has 1 amide bonds. The molecule has 24 heavy (non-hydrogen) atoms. The summed E-state index contributed by atoms with van der Waals surface area (Å²) in [6.45, 7) is 1.26. The van der Waals surface area contributed by atoms with E-state index in [1.807, 2.05) is 0 Å². The van der Waals surface area contributed by atoms with Gasteiger partial charge in [0.1, 0.15) is 24.4 Å². The molecule has 0 saturated carbocycles. The van der Waals surface area contributed by atoms with Gasteiger partial charge in [-0.05, 0) is 0 Å². The van der Waals surface area contributed by atoms with Crippen molar-refractivity contribution in [3.8, 4) is 0 Å². The Hall–Kier alpha value is -1.79. The van der Waals surface area contributed by atoms with Crippen molar-refractivity contribution >= 4 is 17.8 Å². The van der Waals surface area contributed by atoms with E-state index in [9.17, 15) is 29.7 Å². The van der Waals surface area contributed by atoms with Crippen molar-refractivity contribution < 1.29 is 49.4 Å². The average molecular weight is 351 g/mol. The highest BCUT2D eigenvalue weighted by atomic mass is 16.7. The van der Waals surface area contributed by atoms with E-state index in [1.54, 1.807) is 0 Å². The number of nitrogens with one attached hydrogen (secondary N) is 1. The van der Waals surface area contributed by atoms with Crippen LogP contribution >= 0.6 is 0 Å². The Labute approximate surface area is 136 Å². The molecule has 11 nitrogen and oxygen atoms in total. The normalized spacial score (nSPS) is 32.5. The van der Waals surface area contributed by atoms with E-state index < -0.39 is 67.1 Å². The van der Waals surface area contributed by atoms with E-state index in [1.165, 1.54) is 0 Å². The van der Waals surface area contributed by atoms with Gasteiger partial charge in [0.15, 0.2) is 0 Å². The fraction of sp³-hybridized carbons (Fsp3) is 0.769. The first-order chi connectivity index (χ1) is 11.0. The monoisotopic (exact) mass is 351 g/mol. The maximum absolute atomic E-state index is 11.4. The van der Waals surface area contributed by atoms with E-state index in [2.05, 4.69) is 5.32 Å². The second-order valence-electron chi connectivity index (χ2n) is 5.49. The van der Waals surface area contributed by atoms with Crippen LogP contribution in [-0.4, -0.2) is 86.2 Å². The highest BCUT2D eigenvalue weighted by Gasteiger charge is 2.55. The van der Waals surface area contributed by atoms with Gasteiger partial charge in [-0.15, -0.1) is 0 Å². The molecule has 0 aromatic heterocycles. The van der Waals surface area contributed by atoms with E-state index in [0.717, 1.165) is 13.8 Å². The Kier molecular flexibility index (Phi) is 6.63. The number of esters is 1. The zero-order valence-corrected chi connectivity index (χ0v) is 13.1. The Bertz CT molecular complexity index is 497. The molecule has 138 valence electrons. The fourth-order valence-electron chi connectivity index (χ4n) is 2.44. The van der Waals surface area contributed by atoms with E-state index in [0.29, 0.717) is 0 Å². The number of hydrogen-bond donors (Lipinski definition) is 6. The molecule has 11 heteroatoms. The summed E-state index contributed by atoms with van der Waals surface area (Å²) in [6, 6.07) is -1.26. The fourth-order valence-corrected chi connectivity index (χ4v) is 2.44. The van der Waals surface area contributed by atoms with Crippen LogP contribution in [0.15, 0.2) is 0 Å². The van der Waals surface area contributed by atoms with Crippen LogP contribution in [0, 0.1) is 0 Å². The maximum atomic E-state index is 11.4. The summed E-state index contributed by atoms with van der Waals surface area (Å²) < 4.78 is 9.91. The van der Waals surface area contributed by atoms with Gasteiger partial charge in [0.05, 0.1) is 19.1 Å². The third-order valence-corrected chi connectivity index (χ3v) is 3.50. The van der Waals surface area contributed by atoms with Gasteiger partial charge in [-0.1, -0.05) is 0 Å². The lowest BCUT2D eigenvalue weighted by Gasteiger charge is -2.45. The smallest absolute Gasteiger partial charge is 0.364 e. The van der Waals surface area contributed by atoms with Crippen LogP contribution < -0.4 is 5.32 Å².